The molecule has 1 aromatic heterocycles. The summed E-state index contributed by atoms with van der Waals surface area (Å²) in [6, 6.07) is 4.28. The van der Waals surface area contributed by atoms with Gasteiger partial charge in [0.1, 0.15) is 5.82 Å². The molecule has 0 spiro atoms. The van der Waals surface area contributed by atoms with Gasteiger partial charge in [-0.25, -0.2) is 9.07 Å². The summed E-state index contributed by atoms with van der Waals surface area (Å²) < 4.78 is 20.4. The van der Waals surface area contributed by atoms with Gasteiger partial charge in [0.15, 0.2) is 5.82 Å². The highest BCUT2D eigenvalue weighted by molar-refractivity contribution is 5.61. The van der Waals surface area contributed by atoms with E-state index in [0.29, 0.717) is 30.2 Å². The Kier molecular flexibility index (Phi) is 5.00. The number of hydrogen-bond donors (Lipinski definition) is 1. The second-order valence-corrected chi connectivity index (χ2v) is 4.46. The summed E-state index contributed by atoms with van der Waals surface area (Å²) in [6.07, 6.45) is 1.79. The molecule has 1 aromatic carbocycles. The fourth-order valence-corrected chi connectivity index (χ4v) is 1.87. The molecule has 2 aromatic rings. The molecule has 0 aliphatic carbocycles. The van der Waals surface area contributed by atoms with Crippen LogP contribution in [0.15, 0.2) is 18.2 Å². The van der Waals surface area contributed by atoms with Crippen LogP contribution >= 0.6 is 0 Å². The Hall–Kier alpha value is -2.02. The summed E-state index contributed by atoms with van der Waals surface area (Å²) in [7, 11) is 0. The highest BCUT2D eigenvalue weighted by Crippen LogP contribution is 2.20. The van der Waals surface area contributed by atoms with Gasteiger partial charge in [-0.1, -0.05) is 6.92 Å². The number of anilines is 1. The quantitative estimate of drug-likeness (QED) is 0.618. The van der Waals surface area contributed by atoms with E-state index < -0.39 is 5.82 Å². The van der Waals surface area contributed by atoms with Crippen molar-refractivity contribution in [2.75, 3.05) is 18.9 Å². The zero-order valence-corrected chi connectivity index (χ0v) is 11.4. The summed E-state index contributed by atoms with van der Waals surface area (Å²) in [5, 5.41) is 11.5. The molecule has 0 amide bonds. The van der Waals surface area contributed by atoms with Crippen molar-refractivity contribution >= 4 is 5.69 Å². The highest BCUT2D eigenvalue weighted by atomic mass is 19.1. The first-order valence-electron chi connectivity index (χ1n) is 6.61. The zero-order chi connectivity index (χ0) is 14.4. The smallest absolute Gasteiger partial charge is 0.182 e. The zero-order valence-electron chi connectivity index (χ0n) is 11.4. The highest BCUT2D eigenvalue weighted by Gasteiger charge is 2.10. The molecule has 0 aliphatic rings. The maximum absolute atomic E-state index is 13.4. The Labute approximate surface area is 116 Å². The first kappa shape index (κ1) is 14.4. The molecule has 0 saturated heterocycles. The molecule has 2 N–H and O–H groups in total. The molecule has 0 unspecified atom stereocenters. The molecule has 0 saturated carbocycles. The number of rotatable bonds is 7. The molecule has 108 valence electrons. The van der Waals surface area contributed by atoms with Gasteiger partial charge in [0.05, 0.1) is 0 Å². The minimum absolute atomic E-state index is 0.348. The SMILES string of the molecule is CCCOCCCn1nnnc1-c1cc(N)cc(F)c1. The number of ether oxygens (including phenoxy) is 1. The number of aromatic nitrogens is 4. The molecular weight excluding hydrogens is 261 g/mol. The Bertz CT molecular complexity index is 537. The van der Waals surface area contributed by atoms with Crippen molar-refractivity contribution in [2.24, 2.45) is 0 Å². The van der Waals surface area contributed by atoms with Gasteiger partial charge in [0.2, 0.25) is 0 Å². The van der Waals surface area contributed by atoms with Crippen molar-refractivity contribution in [3.8, 4) is 11.4 Å². The predicted octanol–water partition coefficient (Wildman–Crippen LogP) is 1.88. The number of nitrogen functional groups attached to an aromatic ring is 1. The van der Waals surface area contributed by atoms with Crippen molar-refractivity contribution in [1.82, 2.24) is 20.2 Å². The van der Waals surface area contributed by atoms with E-state index in [-0.39, 0.29) is 0 Å². The average Bonchev–Trinajstić information content (AvgIpc) is 2.86. The van der Waals surface area contributed by atoms with Crippen LogP contribution in [-0.4, -0.2) is 33.4 Å². The van der Waals surface area contributed by atoms with Gasteiger partial charge < -0.3 is 10.5 Å². The summed E-state index contributed by atoms with van der Waals surface area (Å²) in [5.41, 5.74) is 6.55. The fraction of sp³-hybridized carbons (Fsp3) is 0.462. The van der Waals surface area contributed by atoms with E-state index in [2.05, 4.69) is 22.4 Å². The van der Waals surface area contributed by atoms with E-state index in [9.17, 15) is 4.39 Å². The van der Waals surface area contributed by atoms with Crippen LogP contribution in [-0.2, 0) is 11.3 Å². The van der Waals surface area contributed by atoms with Crippen LogP contribution in [0.3, 0.4) is 0 Å². The van der Waals surface area contributed by atoms with E-state index in [1.807, 2.05) is 0 Å². The van der Waals surface area contributed by atoms with Crippen LogP contribution < -0.4 is 5.73 Å². The third kappa shape index (κ3) is 3.74. The summed E-state index contributed by atoms with van der Waals surface area (Å²) in [4.78, 5) is 0. The van der Waals surface area contributed by atoms with Gasteiger partial charge in [-0.2, -0.15) is 0 Å². The largest absolute Gasteiger partial charge is 0.399 e. The van der Waals surface area contributed by atoms with E-state index in [4.69, 9.17) is 10.5 Å². The van der Waals surface area contributed by atoms with Crippen LogP contribution in [0.1, 0.15) is 19.8 Å². The fourth-order valence-electron chi connectivity index (χ4n) is 1.87. The molecule has 2 rings (SSSR count). The normalized spacial score (nSPS) is 10.9. The van der Waals surface area contributed by atoms with E-state index in [0.717, 1.165) is 19.4 Å². The minimum Gasteiger partial charge on any atom is -0.399 e. The number of benzene rings is 1. The Morgan fingerprint density at radius 3 is 2.90 bits per heavy atom. The van der Waals surface area contributed by atoms with Crippen LogP contribution in [0.5, 0.6) is 0 Å². The van der Waals surface area contributed by atoms with Crippen molar-refractivity contribution in [2.45, 2.75) is 26.3 Å². The number of tetrazole rings is 1. The Balaban J connectivity index is 2.04. The van der Waals surface area contributed by atoms with Crippen molar-refractivity contribution < 1.29 is 9.13 Å². The minimum atomic E-state index is -0.402. The molecule has 0 bridgehead atoms. The Morgan fingerprint density at radius 2 is 2.15 bits per heavy atom. The number of hydrogen-bond acceptors (Lipinski definition) is 5. The molecule has 1 heterocycles. The maximum atomic E-state index is 13.4. The number of nitrogens with two attached hydrogens (primary N) is 1. The average molecular weight is 279 g/mol. The molecule has 0 radical (unpaired) electrons. The number of halogens is 1. The third-order valence-electron chi connectivity index (χ3n) is 2.72. The van der Waals surface area contributed by atoms with Gasteiger partial charge in [0, 0.05) is 31.0 Å². The Morgan fingerprint density at radius 1 is 1.30 bits per heavy atom. The molecule has 6 nitrogen and oxygen atoms in total. The lowest BCUT2D eigenvalue weighted by Crippen LogP contribution is -2.07. The van der Waals surface area contributed by atoms with Crippen LogP contribution in [0.4, 0.5) is 10.1 Å². The monoisotopic (exact) mass is 279 g/mol. The number of nitrogens with zero attached hydrogens (tertiary/aromatic N) is 4. The second kappa shape index (κ2) is 6.95. The molecule has 0 atom stereocenters. The molecule has 7 heteroatoms. The maximum Gasteiger partial charge on any atom is 0.182 e. The van der Waals surface area contributed by atoms with E-state index in [1.165, 1.54) is 12.1 Å². The standard InChI is InChI=1S/C13H18FN5O/c1-2-5-20-6-3-4-19-13(16-17-18-19)10-7-11(14)9-12(15)8-10/h7-9H,2-6,15H2,1H3. The second-order valence-electron chi connectivity index (χ2n) is 4.46. The lowest BCUT2D eigenvalue weighted by atomic mass is 10.2. The number of aryl methyl sites for hydroxylation is 1. The van der Waals surface area contributed by atoms with Gasteiger partial charge in [-0.15, -0.1) is 5.10 Å². The van der Waals surface area contributed by atoms with E-state index >= 15 is 0 Å². The van der Waals surface area contributed by atoms with Crippen LogP contribution in [0, 0.1) is 5.82 Å². The van der Waals surface area contributed by atoms with E-state index in [1.54, 1.807) is 10.7 Å². The molecular formula is C13H18FN5O. The van der Waals surface area contributed by atoms with Crippen molar-refractivity contribution in [3.05, 3.63) is 24.0 Å². The topological polar surface area (TPSA) is 78.8 Å². The third-order valence-corrected chi connectivity index (χ3v) is 2.72. The molecule has 20 heavy (non-hydrogen) atoms. The van der Waals surface area contributed by atoms with Crippen LogP contribution in [0.25, 0.3) is 11.4 Å². The van der Waals surface area contributed by atoms with Gasteiger partial charge in [0.25, 0.3) is 0 Å². The first-order valence-corrected chi connectivity index (χ1v) is 6.61. The predicted molar refractivity (Wildman–Crippen MR) is 73.4 cm³/mol. The molecule has 0 fully saturated rings. The van der Waals surface area contributed by atoms with Gasteiger partial charge >= 0.3 is 0 Å². The summed E-state index contributed by atoms with van der Waals surface area (Å²) >= 11 is 0. The van der Waals surface area contributed by atoms with Crippen molar-refractivity contribution in [1.29, 1.82) is 0 Å². The lowest BCUT2D eigenvalue weighted by molar-refractivity contribution is 0.128. The lowest BCUT2D eigenvalue weighted by Gasteiger charge is -2.06. The van der Waals surface area contributed by atoms with Gasteiger partial charge in [-0.3, -0.25) is 0 Å². The van der Waals surface area contributed by atoms with Crippen LogP contribution in [0.2, 0.25) is 0 Å². The first-order chi connectivity index (χ1) is 9.70. The van der Waals surface area contributed by atoms with Gasteiger partial charge in [-0.05, 0) is 41.5 Å². The molecule has 0 aliphatic heterocycles. The summed E-state index contributed by atoms with van der Waals surface area (Å²) in [6.45, 7) is 4.08. The van der Waals surface area contributed by atoms with Crippen molar-refractivity contribution in [3.63, 3.8) is 0 Å². The summed E-state index contributed by atoms with van der Waals surface area (Å²) in [5.74, 6) is 0.104.